The van der Waals surface area contributed by atoms with Crippen LogP contribution >= 0.6 is 23.5 Å². The van der Waals surface area contributed by atoms with Gasteiger partial charge in [-0.2, -0.15) is 0 Å². The highest BCUT2D eigenvalue weighted by atomic mass is 32.2. The molecule has 1 fully saturated rings. The summed E-state index contributed by atoms with van der Waals surface area (Å²) in [7, 11) is 0. The Morgan fingerprint density at radius 1 is 0.947 bits per heavy atom. The maximum Gasteiger partial charge on any atom is 0.327 e. The van der Waals surface area contributed by atoms with E-state index in [9.17, 15) is 29.4 Å². The number of nitrogens with zero attached hydrogens (tertiary/aromatic N) is 1. The summed E-state index contributed by atoms with van der Waals surface area (Å²) in [5.74, 6) is -2.29. The number of carboxylic acids is 1. The van der Waals surface area contributed by atoms with E-state index in [1.54, 1.807) is 48.5 Å². The molecule has 0 spiro atoms. The Morgan fingerprint density at radius 2 is 1.58 bits per heavy atom. The standard InChI is InChI=1S/C28H26N2O6S2/c31-23-14-8-7-13-20(23)26-30(22(16-37-26)27(34)35)24(32)17-38-28(36)21(15-18-9-3-1-4-10-18)29-25(33)19-11-5-2-6-12-19/h1-14,21-22,26,31H,15-17H2,(H,29,33)(H,34,35)/t21-,22?,26?/m0/s1. The lowest BCUT2D eigenvalue weighted by Gasteiger charge is -2.28. The summed E-state index contributed by atoms with van der Waals surface area (Å²) in [6, 6.07) is 22.2. The van der Waals surface area contributed by atoms with E-state index in [4.69, 9.17) is 0 Å². The molecule has 3 atom stereocenters. The van der Waals surface area contributed by atoms with Crippen molar-refractivity contribution < 1.29 is 29.4 Å². The Labute approximate surface area is 228 Å². The molecule has 196 valence electrons. The van der Waals surface area contributed by atoms with E-state index in [0.717, 1.165) is 17.3 Å². The molecule has 1 heterocycles. The minimum absolute atomic E-state index is 0.0379. The molecule has 8 nitrogen and oxygen atoms in total. The van der Waals surface area contributed by atoms with Crippen LogP contribution in [0.4, 0.5) is 0 Å². The predicted octanol–water partition coefficient (Wildman–Crippen LogP) is 3.72. The summed E-state index contributed by atoms with van der Waals surface area (Å²) in [6.45, 7) is 0. The summed E-state index contributed by atoms with van der Waals surface area (Å²) < 4.78 is 0. The largest absolute Gasteiger partial charge is 0.508 e. The number of carbonyl (C=O) groups is 4. The molecule has 1 aliphatic rings. The second-order valence-electron chi connectivity index (χ2n) is 8.59. The number of amides is 2. The zero-order valence-electron chi connectivity index (χ0n) is 20.2. The summed E-state index contributed by atoms with van der Waals surface area (Å²) in [5.41, 5.74) is 1.68. The quantitative estimate of drug-likeness (QED) is 0.368. The summed E-state index contributed by atoms with van der Waals surface area (Å²) in [5, 5.41) is 21.7. The number of carbonyl (C=O) groups excluding carboxylic acids is 3. The number of nitrogens with one attached hydrogen (secondary N) is 1. The van der Waals surface area contributed by atoms with Gasteiger partial charge in [-0.25, -0.2) is 4.79 Å². The molecule has 4 rings (SSSR count). The zero-order valence-corrected chi connectivity index (χ0v) is 21.9. The van der Waals surface area contributed by atoms with Crippen LogP contribution in [0.1, 0.15) is 26.9 Å². The van der Waals surface area contributed by atoms with E-state index in [0.29, 0.717) is 11.1 Å². The Balaban J connectivity index is 1.49. The van der Waals surface area contributed by atoms with Gasteiger partial charge in [0.1, 0.15) is 23.2 Å². The van der Waals surface area contributed by atoms with Crippen LogP contribution in [0.15, 0.2) is 84.9 Å². The second-order valence-corrected chi connectivity index (χ2v) is 10.7. The van der Waals surface area contributed by atoms with Gasteiger partial charge in [-0.15, -0.1) is 11.8 Å². The van der Waals surface area contributed by atoms with Crippen molar-refractivity contribution in [2.24, 2.45) is 0 Å². The summed E-state index contributed by atoms with van der Waals surface area (Å²) >= 11 is 1.99. The monoisotopic (exact) mass is 550 g/mol. The molecular weight excluding hydrogens is 524 g/mol. The van der Waals surface area contributed by atoms with Crippen LogP contribution < -0.4 is 5.32 Å². The van der Waals surface area contributed by atoms with Crippen molar-refractivity contribution in [3.8, 4) is 5.75 Å². The molecule has 0 aromatic heterocycles. The van der Waals surface area contributed by atoms with Gasteiger partial charge in [0, 0.05) is 23.3 Å². The highest BCUT2D eigenvalue weighted by Crippen LogP contribution is 2.44. The molecule has 10 heteroatoms. The third kappa shape index (κ3) is 6.56. The van der Waals surface area contributed by atoms with Crippen molar-refractivity contribution >= 4 is 46.4 Å². The summed E-state index contributed by atoms with van der Waals surface area (Å²) in [4.78, 5) is 52.5. The molecule has 0 aliphatic carbocycles. The van der Waals surface area contributed by atoms with Gasteiger partial charge in [0.25, 0.3) is 5.91 Å². The minimum Gasteiger partial charge on any atom is -0.508 e. The summed E-state index contributed by atoms with van der Waals surface area (Å²) in [6.07, 6.45) is 0.233. The van der Waals surface area contributed by atoms with Crippen LogP contribution in [0.5, 0.6) is 5.75 Å². The number of benzene rings is 3. The van der Waals surface area contributed by atoms with Crippen molar-refractivity contribution in [2.75, 3.05) is 11.5 Å². The number of carboxylic acid groups (broad SMARTS) is 1. The van der Waals surface area contributed by atoms with Crippen LogP contribution in [0.2, 0.25) is 0 Å². The number of para-hydroxylation sites is 1. The number of hydrogen-bond acceptors (Lipinski definition) is 7. The fourth-order valence-electron chi connectivity index (χ4n) is 4.12. The second kappa shape index (κ2) is 12.7. The first-order chi connectivity index (χ1) is 18.3. The number of aromatic hydroxyl groups is 1. The van der Waals surface area contributed by atoms with Crippen molar-refractivity contribution in [3.63, 3.8) is 0 Å². The average Bonchev–Trinajstić information content (AvgIpc) is 3.38. The van der Waals surface area contributed by atoms with Crippen molar-refractivity contribution in [1.29, 1.82) is 0 Å². The molecule has 2 amide bonds. The predicted molar refractivity (Wildman–Crippen MR) is 147 cm³/mol. The van der Waals surface area contributed by atoms with Gasteiger partial charge in [0.15, 0.2) is 0 Å². The Kier molecular flexibility index (Phi) is 9.09. The molecule has 0 bridgehead atoms. The molecule has 1 saturated heterocycles. The van der Waals surface area contributed by atoms with Crippen LogP contribution in [0.25, 0.3) is 0 Å². The van der Waals surface area contributed by atoms with E-state index >= 15 is 0 Å². The fraction of sp³-hybridized carbons (Fsp3) is 0.214. The van der Waals surface area contributed by atoms with Crippen LogP contribution in [-0.2, 0) is 20.8 Å². The minimum atomic E-state index is -1.16. The van der Waals surface area contributed by atoms with Gasteiger partial charge in [-0.05, 0) is 23.8 Å². The van der Waals surface area contributed by atoms with Gasteiger partial charge in [-0.3, -0.25) is 14.4 Å². The topological polar surface area (TPSA) is 124 Å². The fourth-order valence-corrected chi connectivity index (χ4v) is 6.35. The van der Waals surface area contributed by atoms with E-state index < -0.39 is 40.4 Å². The van der Waals surface area contributed by atoms with Gasteiger partial charge in [0.05, 0.1) is 5.75 Å². The van der Waals surface area contributed by atoms with Crippen LogP contribution in [0.3, 0.4) is 0 Å². The molecule has 38 heavy (non-hydrogen) atoms. The van der Waals surface area contributed by atoms with E-state index in [1.807, 2.05) is 30.3 Å². The number of rotatable bonds is 9. The third-order valence-electron chi connectivity index (χ3n) is 6.02. The normalized spacial score (nSPS) is 17.5. The maximum absolute atomic E-state index is 13.3. The number of phenolic OH excluding ortho intramolecular Hbond substituents is 1. The first kappa shape index (κ1) is 27.3. The molecule has 1 aliphatic heterocycles. The van der Waals surface area contributed by atoms with Gasteiger partial charge >= 0.3 is 5.97 Å². The zero-order chi connectivity index (χ0) is 27.1. The first-order valence-corrected chi connectivity index (χ1v) is 13.9. The van der Waals surface area contributed by atoms with E-state index in [-0.39, 0.29) is 23.7 Å². The van der Waals surface area contributed by atoms with Crippen LogP contribution in [-0.4, -0.2) is 61.6 Å². The molecule has 2 unspecified atom stereocenters. The van der Waals surface area contributed by atoms with Gasteiger partial charge < -0.3 is 20.4 Å². The first-order valence-electron chi connectivity index (χ1n) is 11.8. The molecule has 3 N–H and O–H groups in total. The Bertz CT molecular complexity index is 1300. The molecule has 0 saturated carbocycles. The lowest BCUT2D eigenvalue weighted by Crippen LogP contribution is -2.45. The van der Waals surface area contributed by atoms with E-state index in [1.165, 1.54) is 22.7 Å². The number of hydrogen-bond donors (Lipinski definition) is 3. The SMILES string of the molecule is O=C(N[C@@H](Cc1ccccc1)C(=O)SCC(=O)N1C(C(=O)O)CSC1c1ccccc1O)c1ccccc1. The van der Waals surface area contributed by atoms with Gasteiger partial charge in [0.2, 0.25) is 11.0 Å². The van der Waals surface area contributed by atoms with Gasteiger partial charge in [-0.1, -0.05) is 78.5 Å². The number of aliphatic carboxylic acids is 1. The lowest BCUT2D eigenvalue weighted by molar-refractivity contribution is -0.148. The Morgan fingerprint density at radius 3 is 2.24 bits per heavy atom. The lowest BCUT2D eigenvalue weighted by atomic mass is 10.1. The number of thioether (sulfide) groups is 2. The molecule has 3 aromatic rings. The smallest absolute Gasteiger partial charge is 0.327 e. The highest BCUT2D eigenvalue weighted by molar-refractivity contribution is 8.14. The molecule has 0 radical (unpaired) electrons. The van der Waals surface area contributed by atoms with Crippen molar-refractivity contribution in [2.45, 2.75) is 23.9 Å². The average molecular weight is 551 g/mol. The molecule has 3 aromatic carbocycles. The molecular formula is C28H26N2O6S2. The third-order valence-corrected chi connectivity index (χ3v) is 8.29. The van der Waals surface area contributed by atoms with Crippen molar-refractivity contribution in [1.82, 2.24) is 10.2 Å². The Hall–Kier alpha value is -3.76. The van der Waals surface area contributed by atoms with E-state index in [2.05, 4.69) is 5.32 Å². The van der Waals surface area contributed by atoms with Crippen molar-refractivity contribution in [3.05, 3.63) is 102 Å². The van der Waals surface area contributed by atoms with Crippen LogP contribution in [0, 0.1) is 0 Å². The highest BCUT2D eigenvalue weighted by Gasteiger charge is 2.43. The maximum atomic E-state index is 13.3. The number of phenols is 1.